The number of esters is 1. The monoisotopic (exact) mass is 590 g/mol. The van der Waals surface area contributed by atoms with Crippen LogP contribution in [-0.4, -0.2) is 24.1 Å². The van der Waals surface area contributed by atoms with E-state index in [9.17, 15) is 14.4 Å². The lowest BCUT2D eigenvalue weighted by Gasteiger charge is -2.33. The van der Waals surface area contributed by atoms with Gasteiger partial charge in [0.2, 0.25) is 0 Å². The third kappa shape index (κ3) is 6.23. The Labute approximate surface area is 258 Å². The fourth-order valence-electron chi connectivity index (χ4n) is 6.18. The van der Waals surface area contributed by atoms with Crippen molar-refractivity contribution < 1.29 is 19.1 Å². The summed E-state index contributed by atoms with van der Waals surface area (Å²) in [6, 6.07) is 29.7. The molecule has 5 rings (SSSR count). The highest BCUT2D eigenvalue weighted by atomic mass is 32.2. The highest BCUT2D eigenvalue weighted by molar-refractivity contribution is 7.99. The fourth-order valence-corrected chi connectivity index (χ4v) is 7.02. The fraction of sp³-hybridized carbons (Fsp3) is 0.289. The number of carbonyl (C=O) groups excluding carboxylic acids is 3. The van der Waals surface area contributed by atoms with Crippen LogP contribution in [0.5, 0.6) is 0 Å². The van der Waals surface area contributed by atoms with Crippen molar-refractivity contribution in [3.05, 3.63) is 119 Å². The average molecular weight is 591 g/mol. The van der Waals surface area contributed by atoms with Gasteiger partial charge in [0.1, 0.15) is 0 Å². The summed E-state index contributed by atoms with van der Waals surface area (Å²) in [5, 5.41) is 0. The molecular weight excluding hydrogens is 552 g/mol. The molecule has 0 saturated heterocycles. The van der Waals surface area contributed by atoms with E-state index in [-0.39, 0.29) is 17.8 Å². The van der Waals surface area contributed by atoms with Gasteiger partial charge in [-0.2, -0.15) is 0 Å². The van der Waals surface area contributed by atoms with Crippen LogP contribution < -0.4 is 0 Å². The Morgan fingerprint density at radius 3 is 1.77 bits per heavy atom. The van der Waals surface area contributed by atoms with Crippen LogP contribution in [0.3, 0.4) is 0 Å². The molecule has 0 spiro atoms. The SMILES string of the molecule is CCCCC1(CCCC)c2cc(C(=O)C(=O)OCC)ccc2-c2ccc(C(=O)c3ccc(Sc4ccccc4)cc3)cc21. The predicted octanol–water partition coefficient (Wildman–Crippen LogP) is 9.46. The molecule has 0 saturated carbocycles. The summed E-state index contributed by atoms with van der Waals surface area (Å²) in [4.78, 5) is 41.3. The lowest BCUT2D eigenvalue weighted by molar-refractivity contribution is -0.137. The lowest BCUT2D eigenvalue weighted by atomic mass is 9.70. The van der Waals surface area contributed by atoms with Crippen LogP contribution in [0.15, 0.2) is 101 Å². The second kappa shape index (κ2) is 13.6. The Hall–Kier alpha value is -3.96. The molecule has 0 heterocycles. The minimum Gasteiger partial charge on any atom is -0.460 e. The molecule has 1 aliphatic rings. The molecule has 220 valence electrons. The van der Waals surface area contributed by atoms with Crippen molar-refractivity contribution in [2.45, 2.75) is 74.5 Å². The smallest absolute Gasteiger partial charge is 0.379 e. The highest BCUT2D eigenvalue weighted by Gasteiger charge is 2.43. The molecular formula is C38H38O4S. The quantitative estimate of drug-likeness (QED) is 0.0882. The van der Waals surface area contributed by atoms with Gasteiger partial charge in [0.25, 0.3) is 5.78 Å². The number of hydrogen-bond acceptors (Lipinski definition) is 5. The van der Waals surface area contributed by atoms with Gasteiger partial charge in [-0.05, 0) is 90.6 Å². The molecule has 0 atom stereocenters. The van der Waals surface area contributed by atoms with E-state index in [1.807, 2.05) is 60.7 Å². The molecule has 4 aromatic rings. The Balaban J connectivity index is 1.53. The van der Waals surface area contributed by atoms with Gasteiger partial charge >= 0.3 is 5.97 Å². The number of fused-ring (bicyclic) bond motifs is 3. The molecule has 0 aliphatic heterocycles. The molecule has 0 aromatic heterocycles. The van der Waals surface area contributed by atoms with Crippen LogP contribution in [0.2, 0.25) is 0 Å². The summed E-state index contributed by atoms with van der Waals surface area (Å²) in [7, 11) is 0. The first kappa shape index (κ1) is 30.5. The van der Waals surface area contributed by atoms with Gasteiger partial charge in [-0.1, -0.05) is 93.8 Å². The number of unbranched alkanes of at least 4 members (excludes halogenated alkanes) is 2. The average Bonchev–Trinajstić information content (AvgIpc) is 3.31. The van der Waals surface area contributed by atoms with Gasteiger partial charge < -0.3 is 4.74 Å². The molecule has 4 aromatic carbocycles. The molecule has 0 radical (unpaired) electrons. The van der Waals surface area contributed by atoms with Crippen LogP contribution in [-0.2, 0) is 14.9 Å². The minimum absolute atomic E-state index is 0.00641. The summed E-state index contributed by atoms with van der Waals surface area (Å²) in [6.07, 6.45) is 5.90. The topological polar surface area (TPSA) is 60.4 Å². The summed E-state index contributed by atoms with van der Waals surface area (Å²) in [6.45, 7) is 6.22. The van der Waals surface area contributed by atoms with Crippen molar-refractivity contribution >= 4 is 29.3 Å². The first-order chi connectivity index (χ1) is 20.9. The summed E-state index contributed by atoms with van der Waals surface area (Å²) in [5.41, 5.74) is 5.73. The van der Waals surface area contributed by atoms with Gasteiger partial charge in [0.05, 0.1) is 6.61 Å². The van der Waals surface area contributed by atoms with Gasteiger partial charge in [-0.25, -0.2) is 4.79 Å². The molecule has 0 amide bonds. The maximum atomic E-state index is 13.8. The maximum Gasteiger partial charge on any atom is 0.379 e. The Kier molecular flexibility index (Phi) is 9.62. The van der Waals surface area contributed by atoms with Gasteiger partial charge in [-0.3, -0.25) is 9.59 Å². The van der Waals surface area contributed by atoms with Gasteiger partial charge in [-0.15, -0.1) is 0 Å². The molecule has 5 heteroatoms. The number of benzene rings is 4. The molecule has 0 unspecified atom stereocenters. The van der Waals surface area contributed by atoms with Gasteiger partial charge in [0.15, 0.2) is 5.78 Å². The Bertz CT molecular complexity index is 1610. The zero-order valence-corrected chi connectivity index (χ0v) is 26.0. The third-order valence-electron chi connectivity index (χ3n) is 8.36. The van der Waals surface area contributed by atoms with Crippen molar-refractivity contribution in [1.29, 1.82) is 0 Å². The molecule has 4 nitrogen and oxygen atoms in total. The first-order valence-electron chi connectivity index (χ1n) is 15.3. The maximum absolute atomic E-state index is 13.8. The number of hydrogen-bond donors (Lipinski definition) is 0. The second-order valence-electron chi connectivity index (χ2n) is 11.1. The number of rotatable bonds is 13. The zero-order valence-electron chi connectivity index (χ0n) is 25.2. The van der Waals surface area contributed by atoms with Crippen molar-refractivity contribution in [2.24, 2.45) is 0 Å². The Morgan fingerprint density at radius 1 is 0.651 bits per heavy atom. The molecule has 43 heavy (non-hydrogen) atoms. The summed E-state index contributed by atoms with van der Waals surface area (Å²) < 4.78 is 5.01. The normalized spacial score (nSPS) is 12.8. The number of Topliss-reactive ketones (excluding diaryl/α,β-unsaturated/α-hetero) is 1. The minimum atomic E-state index is -0.827. The van der Waals surface area contributed by atoms with Crippen LogP contribution in [0.4, 0.5) is 0 Å². The molecule has 1 aliphatic carbocycles. The van der Waals surface area contributed by atoms with Crippen molar-refractivity contribution in [3.63, 3.8) is 0 Å². The standard InChI is InChI=1S/C38H38O4S/c1-4-7-22-38(23-8-5-2)33-24-27(35(39)26-14-18-30(19-15-26)43-29-12-10-9-11-13-29)16-20-31(33)32-21-17-28(25-34(32)38)36(40)37(41)42-6-3/h9-21,24-25H,4-8,22-23H2,1-3H3. The Morgan fingerprint density at radius 2 is 1.19 bits per heavy atom. The van der Waals surface area contributed by atoms with Crippen LogP contribution >= 0.6 is 11.8 Å². The van der Waals surface area contributed by atoms with Crippen molar-refractivity contribution in [3.8, 4) is 11.1 Å². The summed E-state index contributed by atoms with van der Waals surface area (Å²) >= 11 is 1.67. The lowest BCUT2D eigenvalue weighted by Crippen LogP contribution is -2.26. The van der Waals surface area contributed by atoms with Crippen LogP contribution in [0.25, 0.3) is 11.1 Å². The first-order valence-corrected chi connectivity index (χ1v) is 16.1. The van der Waals surface area contributed by atoms with E-state index in [4.69, 9.17) is 4.74 Å². The van der Waals surface area contributed by atoms with E-state index >= 15 is 0 Å². The molecule has 0 fully saturated rings. The number of carbonyl (C=O) groups is 3. The number of ketones is 2. The summed E-state index contributed by atoms with van der Waals surface area (Å²) in [5.74, 6) is -1.45. The van der Waals surface area contributed by atoms with Crippen molar-refractivity contribution in [2.75, 3.05) is 6.61 Å². The van der Waals surface area contributed by atoms with E-state index in [0.717, 1.165) is 70.6 Å². The molecule has 0 bridgehead atoms. The number of ether oxygens (including phenoxy) is 1. The van der Waals surface area contributed by atoms with Crippen molar-refractivity contribution in [1.82, 2.24) is 0 Å². The van der Waals surface area contributed by atoms with Gasteiger partial charge in [0, 0.05) is 31.9 Å². The van der Waals surface area contributed by atoms with E-state index in [0.29, 0.717) is 16.7 Å². The second-order valence-corrected chi connectivity index (χ2v) is 12.3. The van der Waals surface area contributed by atoms with E-state index in [2.05, 4.69) is 38.1 Å². The van der Waals surface area contributed by atoms with E-state index in [1.54, 1.807) is 24.8 Å². The largest absolute Gasteiger partial charge is 0.460 e. The molecule has 0 N–H and O–H groups in total. The van der Waals surface area contributed by atoms with E-state index < -0.39 is 11.8 Å². The van der Waals surface area contributed by atoms with Crippen LogP contribution in [0.1, 0.15) is 96.7 Å². The zero-order chi connectivity index (χ0) is 30.4. The van der Waals surface area contributed by atoms with E-state index in [1.165, 1.54) is 0 Å². The van der Waals surface area contributed by atoms with Crippen LogP contribution in [0, 0.1) is 0 Å². The third-order valence-corrected chi connectivity index (χ3v) is 9.37. The highest BCUT2D eigenvalue weighted by Crippen LogP contribution is 2.54. The predicted molar refractivity (Wildman–Crippen MR) is 173 cm³/mol.